The molecular formula is C15H23NO2S. The van der Waals surface area contributed by atoms with Crippen LogP contribution in [0.2, 0.25) is 0 Å². The first-order valence-electron chi connectivity index (χ1n) is 6.67. The van der Waals surface area contributed by atoms with Crippen LogP contribution in [0.4, 0.5) is 0 Å². The van der Waals surface area contributed by atoms with E-state index in [1.165, 1.54) is 0 Å². The van der Waals surface area contributed by atoms with Gasteiger partial charge in [0.25, 0.3) is 0 Å². The molecule has 1 N–H and O–H groups in total. The summed E-state index contributed by atoms with van der Waals surface area (Å²) in [5.41, 5.74) is 1.16. The molecule has 0 fully saturated rings. The van der Waals surface area contributed by atoms with Gasteiger partial charge in [0, 0.05) is 19.7 Å². The van der Waals surface area contributed by atoms with E-state index in [1.54, 1.807) is 11.8 Å². The SMILES string of the molecule is CCN(Cc1ccccc1)C(=O)CSCC(C)CO. The van der Waals surface area contributed by atoms with Gasteiger partial charge < -0.3 is 10.0 Å². The summed E-state index contributed by atoms with van der Waals surface area (Å²) in [6.45, 7) is 5.57. The van der Waals surface area contributed by atoms with Gasteiger partial charge >= 0.3 is 0 Å². The molecule has 0 aromatic heterocycles. The van der Waals surface area contributed by atoms with E-state index >= 15 is 0 Å². The molecule has 0 aliphatic carbocycles. The van der Waals surface area contributed by atoms with E-state index in [1.807, 2.05) is 49.1 Å². The maximum absolute atomic E-state index is 12.1. The summed E-state index contributed by atoms with van der Waals surface area (Å²) >= 11 is 1.60. The lowest BCUT2D eigenvalue weighted by Crippen LogP contribution is -2.32. The maximum Gasteiger partial charge on any atom is 0.232 e. The molecule has 0 saturated carbocycles. The summed E-state index contributed by atoms with van der Waals surface area (Å²) < 4.78 is 0. The van der Waals surface area contributed by atoms with E-state index in [0.717, 1.165) is 17.9 Å². The van der Waals surface area contributed by atoms with Crippen LogP contribution in [0, 0.1) is 5.92 Å². The van der Waals surface area contributed by atoms with Gasteiger partial charge in [-0.05, 0) is 24.2 Å². The number of aliphatic hydroxyl groups excluding tert-OH is 1. The van der Waals surface area contributed by atoms with Crippen molar-refractivity contribution < 1.29 is 9.90 Å². The lowest BCUT2D eigenvalue weighted by atomic mass is 10.2. The van der Waals surface area contributed by atoms with E-state index in [-0.39, 0.29) is 18.4 Å². The predicted molar refractivity (Wildman–Crippen MR) is 81.1 cm³/mol. The molecule has 4 heteroatoms. The monoisotopic (exact) mass is 281 g/mol. The average Bonchev–Trinajstić information content (AvgIpc) is 2.45. The Morgan fingerprint density at radius 2 is 2.05 bits per heavy atom. The number of amides is 1. The molecule has 0 aliphatic heterocycles. The molecule has 19 heavy (non-hydrogen) atoms. The second kappa shape index (κ2) is 8.99. The fourth-order valence-electron chi connectivity index (χ4n) is 1.67. The Labute approximate surface area is 120 Å². The summed E-state index contributed by atoms with van der Waals surface area (Å²) in [6, 6.07) is 10.0. The number of nitrogens with zero attached hydrogens (tertiary/aromatic N) is 1. The van der Waals surface area contributed by atoms with Crippen molar-refractivity contribution in [1.82, 2.24) is 4.90 Å². The summed E-state index contributed by atoms with van der Waals surface area (Å²) in [7, 11) is 0. The predicted octanol–water partition coefficient (Wildman–Crippen LogP) is 2.40. The highest BCUT2D eigenvalue weighted by molar-refractivity contribution is 7.99. The van der Waals surface area contributed by atoms with Crippen LogP contribution in [0.15, 0.2) is 30.3 Å². The molecule has 1 unspecified atom stereocenters. The highest BCUT2D eigenvalue weighted by Gasteiger charge is 2.12. The topological polar surface area (TPSA) is 40.5 Å². The lowest BCUT2D eigenvalue weighted by molar-refractivity contribution is -0.128. The van der Waals surface area contributed by atoms with E-state index in [0.29, 0.717) is 12.3 Å². The highest BCUT2D eigenvalue weighted by atomic mass is 32.2. The summed E-state index contributed by atoms with van der Waals surface area (Å²) in [6.07, 6.45) is 0. The van der Waals surface area contributed by atoms with Crippen LogP contribution >= 0.6 is 11.8 Å². The van der Waals surface area contributed by atoms with Gasteiger partial charge in [-0.15, -0.1) is 0 Å². The van der Waals surface area contributed by atoms with E-state index in [9.17, 15) is 4.79 Å². The molecule has 1 atom stereocenters. The minimum Gasteiger partial charge on any atom is -0.396 e. The zero-order valence-corrected chi connectivity index (χ0v) is 12.5. The van der Waals surface area contributed by atoms with Gasteiger partial charge in [-0.1, -0.05) is 37.3 Å². The van der Waals surface area contributed by atoms with Gasteiger partial charge in [-0.3, -0.25) is 4.79 Å². The first kappa shape index (κ1) is 16.1. The zero-order valence-electron chi connectivity index (χ0n) is 11.7. The molecule has 1 amide bonds. The van der Waals surface area contributed by atoms with Crippen LogP contribution < -0.4 is 0 Å². The highest BCUT2D eigenvalue weighted by Crippen LogP contribution is 2.11. The van der Waals surface area contributed by atoms with Crippen molar-refractivity contribution in [1.29, 1.82) is 0 Å². The van der Waals surface area contributed by atoms with E-state index in [4.69, 9.17) is 5.11 Å². The summed E-state index contributed by atoms with van der Waals surface area (Å²) in [5, 5.41) is 8.94. The number of aliphatic hydroxyl groups is 1. The molecular weight excluding hydrogens is 258 g/mol. The Morgan fingerprint density at radius 3 is 2.63 bits per heavy atom. The van der Waals surface area contributed by atoms with Crippen molar-refractivity contribution in [2.24, 2.45) is 5.92 Å². The fraction of sp³-hybridized carbons (Fsp3) is 0.533. The van der Waals surface area contributed by atoms with Gasteiger partial charge in [0.1, 0.15) is 0 Å². The Kier molecular flexibility index (Phi) is 7.60. The Morgan fingerprint density at radius 1 is 1.37 bits per heavy atom. The molecule has 1 rings (SSSR count). The molecule has 1 aromatic rings. The number of carbonyl (C=O) groups is 1. The van der Waals surface area contributed by atoms with E-state index < -0.39 is 0 Å². The normalized spacial score (nSPS) is 12.2. The molecule has 106 valence electrons. The van der Waals surface area contributed by atoms with Crippen LogP contribution in [-0.2, 0) is 11.3 Å². The summed E-state index contributed by atoms with van der Waals surface area (Å²) in [5.74, 6) is 1.74. The van der Waals surface area contributed by atoms with Crippen LogP contribution in [0.25, 0.3) is 0 Å². The second-order valence-corrected chi connectivity index (χ2v) is 5.73. The summed E-state index contributed by atoms with van der Waals surface area (Å²) in [4.78, 5) is 14.0. The number of rotatable bonds is 8. The molecule has 0 bridgehead atoms. The molecule has 0 radical (unpaired) electrons. The molecule has 0 aliphatic rings. The molecule has 1 aromatic carbocycles. The van der Waals surface area contributed by atoms with Crippen LogP contribution in [0.3, 0.4) is 0 Å². The molecule has 0 heterocycles. The number of hydrogen-bond acceptors (Lipinski definition) is 3. The van der Waals surface area contributed by atoms with Gasteiger partial charge in [0.2, 0.25) is 5.91 Å². The van der Waals surface area contributed by atoms with E-state index in [2.05, 4.69) is 0 Å². The third-order valence-electron chi connectivity index (χ3n) is 2.89. The average molecular weight is 281 g/mol. The standard InChI is InChI=1S/C15H23NO2S/c1-3-16(9-14-7-5-4-6-8-14)15(18)12-19-11-13(2)10-17/h4-8,13,17H,3,9-12H2,1-2H3. The molecule has 0 spiro atoms. The Balaban J connectivity index is 2.39. The number of hydrogen-bond donors (Lipinski definition) is 1. The third-order valence-corrected chi connectivity index (χ3v) is 4.15. The van der Waals surface area contributed by atoms with Crippen molar-refractivity contribution in [3.05, 3.63) is 35.9 Å². The number of thioether (sulfide) groups is 1. The quantitative estimate of drug-likeness (QED) is 0.795. The van der Waals surface area contributed by atoms with Crippen LogP contribution in [0.5, 0.6) is 0 Å². The van der Waals surface area contributed by atoms with Crippen molar-refractivity contribution in [2.75, 3.05) is 24.7 Å². The molecule has 3 nitrogen and oxygen atoms in total. The van der Waals surface area contributed by atoms with Gasteiger partial charge in [0.05, 0.1) is 5.75 Å². The van der Waals surface area contributed by atoms with Crippen molar-refractivity contribution in [3.8, 4) is 0 Å². The number of carbonyl (C=O) groups excluding carboxylic acids is 1. The van der Waals surface area contributed by atoms with Gasteiger partial charge in [0.15, 0.2) is 0 Å². The maximum atomic E-state index is 12.1. The Bertz CT molecular complexity index is 370. The first-order valence-corrected chi connectivity index (χ1v) is 7.83. The second-order valence-electron chi connectivity index (χ2n) is 4.70. The number of benzene rings is 1. The van der Waals surface area contributed by atoms with Gasteiger partial charge in [-0.25, -0.2) is 0 Å². The largest absolute Gasteiger partial charge is 0.396 e. The minimum atomic E-state index is 0.168. The first-order chi connectivity index (χ1) is 9.17. The molecule has 0 saturated heterocycles. The van der Waals surface area contributed by atoms with Gasteiger partial charge in [-0.2, -0.15) is 11.8 Å². The third kappa shape index (κ3) is 6.12. The van der Waals surface area contributed by atoms with Crippen LogP contribution in [-0.4, -0.2) is 40.6 Å². The van der Waals surface area contributed by atoms with Crippen molar-refractivity contribution in [3.63, 3.8) is 0 Å². The lowest BCUT2D eigenvalue weighted by Gasteiger charge is -2.21. The minimum absolute atomic E-state index is 0.168. The van der Waals surface area contributed by atoms with Crippen LogP contribution in [0.1, 0.15) is 19.4 Å². The van der Waals surface area contributed by atoms with Crippen molar-refractivity contribution >= 4 is 17.7 Å². The smallest absolute Gasteiger partial charge is 0.232 e. The fourth-order valence-corrected chi connectivity index (χ4v) is 2.65. The zero-order chi connectivity index (χ0) is 14.1. The Hall–Kier alpha value is -1.00. The van der Waals surface area contributed by atoms with Crippen molar-refractivity contribution in [2.45, 2.75) is 20.4 Å².